The molecule has 1 saturated heterocycles. The zero-order valence-electron chi connectivity index (χ0n) is 13.2. The van der Waals surface area contributed by atoms with Gasteiger partial charge in [-0.15, -0.1) is 11.6 Å². The van der Waals surface area contributed by atoms with Crippen LogP contribution in [0.15, 0.2) is 30.3 Å². The predicted molar refractivity (Wildman–Crippen MR) is 87.5 cm³/mol. The Bertz CT molecular complexity index is 483. The molecule has 4 heteroatoms. The van der Waals surface area contributed by atoms with Gasteiger partial charge in [0, 0.05) is 17.1 Å². The first-order valence-electron chi connectivity index (χ1n) is 7.47. The molecule has 1 fully saturated rings. The van der Waals surface area contributed by atoms with Gasteiger partial charge in [-0.05, 0) is 46.1 Å². The van der Waals surface area contributed by atoms with Crippen LogP contribution >= 0.6 is 11.6 Å². The first-order chi connectivity index (χ1) is 9.69. The highest BCUT2D eigenvalue weighted by atomic mass is 35.5. The maximum absolute atomic E-state index is 12.4. The molecule has 1 aliphatic rings. The molecule has 1 heterocycles. The van der Waals surface area contributed by atoms with E-state index in [0.717, 1.165) is 18.4 Å². The summed E-state index contributed by atoms with van der Waals surface area (Å²) >= 11 is 6.29. The van der Waals surface area contributed by atoms with Gasteiger partial charge in [0.1, 0.15) is 5.38 Å². The second-order valence-corrected chi connectivity index (χ2v) is 7.72. The van der Waals surface area contributed by atoms with Crippen molar-refractivity contribution in [2.75, 3.05) is 0 Å². The molecule has 0 aromatic heterocycles. The van der Waals surface area contributed by atoms with E-state index in [1.807, 2.05) is 30.3 Å². The van der Waals surface area contributed by atoms with E-state index in [1.165, 1.54) is 0 Å². The number of hydrogen-bond acceptors (Lipinski definition) is 2. The maximum Gasteiger partial charge on any atom is 0.242 e. The Morgan fingerprint density at radius 2 is 1.71 bits per heavy atom. The van der Waals surface area contributed by atoms with E-state index >= 15 is 0 Å². The smallest absolute Gasteiger partial charge is 0.242 e. The zero-order chi connectivity index (χ0) is 15.7. The Kier molecular flexibility index (Phi) is 4.64. The lowest BCUT2D eigenvalue weighted by atomic mass is 9.79. The first-order valence-corrected chi connectivity index (χ1v) is 7.91. The van der Waals surface area contributed by atoms with Gasteiger partial charge in [-0.3, -0.25) is 4.79 Å². The number of alkyl halides is 1. The quantitative estimate of drug-likeness (QED) is 0.840. The Balaban J connectivity index is 2.02. The summed E-state index contributed by atoms with van der Waals surface area (Å²) < 4.78 is 0. The summed E-state index contributed by atoms with van der Waals surface area (Å²) in [6.07, 6.45) is 1.81. The van der Waals surface area contributed by atoms with Crippen LogP contribution in [-0.2, 0) is 4.79 Å². The molecule has 0 saturated carbocycles. The number of amides is 1. The van der Waals surface area contributed by atoms with Gasteiger partial charge in [0.15, 0.2) is 0 Å². The number of carbonyl (C=O) groups is 1. The average Bonchev–Trinajstić information content (AvgIpc) is 2.35. The number of halogens is 1. The fraction of sp³-hybridized carbons (Fsp3) is 0.588. The van der Waals surface area contributed by atoms with Crippen molar-refractivity contribution in [2.24, 2.45) is 0 Å². The molecule has 1 unspecified atom stereocenters. The highest BCUT2D eigenvalue weighted by Crippen LogP contribution is 2.29. The lowest BCUT2D eigenvalue weighted by Crippen LogP contribution is -2.62. The van der Waals surface area contributed by atoms with Crippen LogP contribution in [0.25, 0.3) is 0 Å². The van der Waals surface area contributed by atoms with Crippen LogP contribution in [0.3, 0.4) is 0 Å². The number of carbonyl (C=O) groups excluding carboxylic acids is 1. The van der Waals surface area contributed by atoms with E-state index in [9.17, 15) is 4.79 Å². The summed E-state index contributed by atoms with van der Waals surface area (Å²) in [5, 5.41) is 6.10. The second-order valence-electron chi connectivity index (χ2n) is 7.28. The summed E-state index contributed by atoms with van der Waals surface area (Å²) in [7, 11) is 0. The number of rotatable bonds is 3. The van der Waals surface area contributed by atoms with Gasteiger partial charge in [-0.1, -0.05) is 30.3 Å². The van der Waals surface area contributed by atoms with E-state index in [2.05, 4.69) is 38.3 Å². The third-order valence-corrected chi connectivity index (χ3v) is 4.31. The molecule has 0 radical (unpaired) electrons. The number of nitrogens with one attached hydrogen (secondary N) is 2. The molecule has 116 valence electrons. The topological polar surface area (TPSA) is 41.1 Å². The van der Waals surface area contributed by atoms with Gasteiger partial charge in [0.05, 0.1) is 0 Å². The lowest BCUT2D eigenvalue weighted by molar-refractivity contribution is -0.122. The summed E-state index contributed by atoms with van der Waals surface area (Å²) in [4.78, 5) is 12.4. The first kappa shape index (κ1) is 16.3. The fourth-order valence-electron chi connectivity index (χ4n) is 3.47. The Morgan fingerprint density at radius 1 is 1.19 bits per heavy atom. The monoisotopic (exact) mass is 308 g/mol. The fourth-order valence-corrected chi connectivity index (χ4v) is 3.68. The van der Waals surface area contributed by atoms with Crippen molar-refractivity contribution < 1.29 is 4.79 Å². The van der Waals surface area contributed by atoms with Crippen LogP contribution in [0.1, 0.15) is 51.5 Å². The van der Waals surface area contributed by atoms with Crippen molar-refractivity contribution in [3.8, 4) is 0 Å². The molecule has 1 aliphatic heterocycles. The van der Waals surface area contributed by atoms with Crippen LogP contribution in [0.2, 0.25) is 0 Å². The van der Waals surface area contributed by atoms with E-state index in [1.54, 1.807) is 0 Å². The summed E-state index contributed by atoms with van der Waals surface area (Å²) in [6.45, 7) is 8.68. The number of benzene rings is 1. The van der Waals surface area contributed by atoms with E-state index < -0.39 is 5.38 Å². The van der Waals surface area contributed by atoms with Crippen molar-refractivity contribution in [2.45, 2.75) is 63.0 Å². The lowest BCUT2D eigenvalue weighted by Gasteiger charge is -2.46. The van der Waals surface area contributed by atoms with Gasteiger partial charge in [0.25, 0.3) is 0 Å². The average molecular weight is 309 g/mol. The second kappa shape index (κ2) is 5.98. The highest BCUT2D eigenvalue weighted by Gasteiger charge is 2.38. The third kappa shape index (κ3) is 4.45. The Hall–Kier alpha value is -1.06. The minimum Gasteiger partial charge on any atom is -0.352 e. The van der Waals surface area contributed by atoms with Crippen molar-refractivity contribution >= 4 is 17.5 Å². The molecule has 3 nitrogen and oxygen atoms in total. The van der Waals surface area contributed by atoms with Gasteiger partial charge in [0.2, 0.25) is 5.91 Å². The zero-order valence-corrected chi connectivity index (χ0v) is 14.0. The van der Waals surface area contributed by atoms with Gasteiger partial charge in [-0.25, -0.2) is 0 Å². The largest absolute Gasteiger partial charge is 0.352 e. The molecule has 1 amide bonds. The molecule has 1 atom stereocenters. The van der Waals surface area contributed by atoms with Crippen LogP contribution in [0, 0.1) is 0 Å². The van der Waals surface area contributed by atoms with Gasteiger partial charge >= 0.3 is 0 Å². The molecule has 21 heavy (non-hydrogen) atoms. The SMILES string of the molecule is CC1(C)CC(NC(=O)C(Cl)c2ccccc2)CC(C)(C)N1. The standard InChI is InChI=1S/C17H25ClN2O/c1-16(2)10-13(11-17(3,4)20-16)19-15(21)14(18)12-8-6-5-7-9-12/h5-9,13-14,20H,10-11H2,1-4H3,(H,19,21). The molecule has 0 spiro atoms. The van der Waals surface area contributed by atoms with Crippen LogP contribution in [0.5, 0.6) is 0 Å². The predicted octanol–water partition coefficient (Wildman–Crippen LogP) is 3.39. The highest BCUT2D eigenvalue weighted by molar-refractivity contribution is 6.30. The summed E-state index contributed by atoms with van der Waals surface area (Å²) in [5.41, 5.74) is 0.854. The number of hydrogen-bond donors (Lipinski definition) is 2. The minimum absolute atomic E-state index is 0.00819. The normalized spacial score (nSPS) is 22.5. The van der Waals surface area contributed by atoms with Crippen molar-refractivity contribution in [1.29, 1.82) is 0 Å². The maximum atomic E-state index is 12.4. The van der Waals surface area contributed by atoms with Crippen LogP contribution in [-0.4, -0.2) is 23.0 Å². The Morgan fingerprint density at radius 3 is 2.24 bits per heavy atom. The van der Waals surface area contributed by atoms with Gasteiger partial charge < -0.3 is 10.6 Å². The van der Waals surface area contributed by atoms with Crippen molar-refractivity contribution in [1.82, 2.24) is 10.6 Å². The van der Waals surface area contributed by atoms with Crippen LogP contribution in [0.4, 0.5) is 0 Å². The Labute approximate surface area is 132 Å². The van der Waals surface area contributed by atoms with E-state index in [0.29, 0.717) is 0 Å². The van der Waals surface area contributed by atoms with Gasteiger partial charge in [-0.2, -0.15) is 0 Å². The summed E-state index contributed by atoms with van der Waals surface area (Å²) in [5.74, 6) is -0.110. The van der Waals surface area contributed by atoms with E-state index in [4.69, 9.17) is 11.6 Å². The summed E-state index contributed by atoms with van der Waals surface area (Å²) in [6, 6.07) is 9.63. The van der Waals surface area contributed by atoms with Crippen molar-refractivity contribution in [3.05, 3.63) is 35.9 Å². The molecule has 0 bridgehead atoms. The van der Waals surface area contributed by atoms with E-state index in [-0.39, 0.29) is 23.0 Å². The molecule has 2 N–H and O–H groups in total. The molecular weight excluding hydrogens is 284 g/mol. The molecule has 1 aromatic rings. The molecule has 0 aliphatic carbocycles. The minimum atomic E-state index is -0.632. The third-order valence-electron chi connectivity index (χ3n) is 3.86. The molecule has 2 rings (SSSR count). The molecular formula is C17H25ClN2O. The van der Waals surface area contributed by atoms with Crippen molar-refractivity contribution in [3.63, 3.8) is 0 Å². The molecule has 1 aromatic carbocycles. The number of piperidine rings is 1. The van der Waals surface area contributed by atoms with Crippen LogP contribution < -0.4 is 10.6 Å².